The van der Waals surface area contributed by atoms with Crippen LogP contribution in [0.25, 0.3) is 12.2 Å². The van der Waals surface area contributed by atoms with Crippen molar-refractivity contribution in [2.45, 2.75) is 154 Å². The molecule has 362 valence electrons. The van der Waals surface area contributed by atoms with Crippen LogP contribution >= 0.6 is 0 Å². The van der Waals surface area contributed by atoms with Crippen molar-refractivity contribution in [3.63, 3.8) is 0 Å². The van der Waals surface area contributed by atoms with E-state index in [2.05, 4.69) is 63.3 Å². The lowest BCUT2D eigenvalue weighted by Gasteiger charge is -2.82. The Kier molecular flexibility index (Phi) is 9.93. The van der Waals surface area contributed by atoms with E-state index in [9.17, 15) is 35.4 Å². The Morgan fingerprint density at radius 1 is 0.925 bits per heavy atom. The number of methoxy groups -OCH3 is 1. The van der Waals surface area contributed by atoms with E-state index in [1.54, 1.807) is 14.0 Å². The summed E-state index contributed by atoms with van der Waals surface area (Å²) in [6, 6.07) is 3.90. The van der Waals surface area contributed by atoms with Gasteiger partial charge in [0.05, 0.1) is 36.6 Å². The molecule has 0 radical (unpaired) electrons. The van der Waals surface area contributed by atoms with E-state index in [0.717, 1.165) is 55.4 Å². The zero-order chi connectivity index (χ0) is 47.1. The predicted octanol–water partition coefficient (Wildman–Crippen LogP) is 6.44. The number of aliphatic hydroxyl groups excluding tert-OH is 5. The lowest BCUT2D eigenvalue weighted by molar-refractivity contribution is -0.340. The summed E-state index contributed by atoms with van der Waals surface area (Å²) in [4.78, 5) is 30.9. The van der Waals surface area contributed by atoms with Gasteiger partial charge in [-0.05, 0) is 182 Å². The zero-order valence-corrected chi connectivity index (χ0v) is 40.6. The van der Waals surface area contributed by atoms with Gasteiger partial charge >= 0.3 is 0 Å². The highest BCUT2D eigenvalue weighted by Crippen LogP contribution is 2.87. The molecule has 13 rings (SSSR count). The number of Topliss-reactive ketones (excluding diaryl/α,β-unsaturated/α-hetero) is 1. The fourth-order valence-electron chi connectivity index (χ4n) is 21.5. The molecule has 7 fully saturated rings. The van der Waals surface area contributed by atoms with Gasteiger partial charge in [0.15, 0.2) is 11.6 Å². The highest BCUT2D eigenvalue weighted by atomic mass is 16.5. The van der Waals surface area contributed by atoms with E-state index in [4.69, 9.17) is 4.74 Å². The van der Waals surface area contributed by atoms with Crippen molar-refractivity contribution in [1.29, 1.82) is 0 Å². The number of carbonyl (C=O) groups is 2. The molecule has 1 aromatic rings. The first-order valence-corrected chi connectivity index (χ1v) is 26.5. The Morgan fingerprint density at radius 3 is 2.48 bits per heavy atom. The van der Waals surface area contributed by atoms with Gasteiger partial charge in [-0.3, -0.25) is 9.59 Å². The number of ketones is 2. The standard InChI is InChI=1S/C58H76O9/c1-32(60)34-23-35-26-40-33(24-38(35)39(25-34)43(61)11-8-22-67-5)14-19-53-20-16-46-55(49(65)30-59)18-7-10-37(27-48(55)64)57(40,46)50(53)44(62)28-41-42-29-51(2,3)31-54-17-6-9-36(54)15-21-56(66)45(52(41,53)4)12-13-47(63)58(42,54)56/h7,10,15,21,23-26,28,32-33,36-37,40,42,45-50,59-60,63-66H,6,8-9,11-14,16-20,22,27,29-31H2,1-5H3. The average molecular weight is 917 g/mol. The molecule has 0 amide bonds. The highest BCUT2D eigenvalue weighted by molar-refractivity contribution is 5.98. The Bertz CT molecular complexity index is 2520. The molecule has 19 atom stereocenters. The summed E-state index contributed by atoms with van der Waals surface area (Å²) >= 11 is 0. The molecule has 0 aromatic heterocycles. The first-order chi connectivity index (χ1) is 31.9. The lowest BCUT2D eigenvalue weighted by atomic mass is 9.22. The van der Waals surface area contributed by atoms with Crippen molar-refractivity contribution < 1.29 is 45.0 Å². The van der Waals surface area contributed by atoms with Crippen LogP contribution in [-0.4, -0.2) is 86.4 Å². The Balaban J connectivity index is 1.14. The summed E-state index contributed by atoms with van der Waals surface area (Å²) in [5, 5.41) is 76.1. The maximum atomic E-state index is 16.6. The topological polar surface area (TPSA) is 165 Å². The third-order valence-corrected chi connectivity index (χ3v) is 23.1. The summed E-state index contributed by atoms with van der Waals surface area (Å²) in [5.41, 5.74) is -3.24. The second-order valence-electron chi connectivity index (χ2n) is 25.5. The molecule has 9 heteroatoms. The molecule has 9 nitrogen and oxygen atoms in total. The first kappa shape index (κ1) is 45.4. The van der Waals surface area contributed by atoms with Gasteiger partial charge in [-0.2, -0.15) is 0 Å². The Morgan fingerprint density at radius 2 is 1.72 bits per heavy atom. The van der Waals surface area contributed by atoms with Crippen molar-refractivity contribution in [1.82, 2.24) is 0 Å². The number of allylic oxidation sites excluding steroid dienone is 5. The van der Waals surface area contributed by atoms with Crippen LogP contribution in [0.2, 0.25) is 0 Å². The second kappa shape index (κ2) is 14.7. The molecule has 6 N–H and O–H groups in total. The maximum absolute atomic E-state index is 16.6. The number of rotatable bonds is 8. The quantitative estimate of drug-likeness (QED) is 0.0979. The first-order valence-electron chi connectivity index (χ1n) is 26.5. The van der Waals surface area contributed by atoms with E-state index >= 15 is 4.79 Å². The van der Waals surface area contributed by atoms with Gasteiger partial charge in [-0.25, -0.2) is 0 Å². The number of aliphatic hydroxyl groups is 6. The van der Waals surface area contributed by atoms with Gasteiger partial charge in [-0.15, -0.1) is 0 Å². The summed E-state index contributed by atoms with van der Waals surface area (Å²) in [7, 11) is 1.64. The summed E-state index contributed by atoms with van der Waals surface area (Å²) in [6.07, 6.45) is 22.6. The third kappa shape index (κ3) is 5.12. The van der Waals surface area contributed by atoms with Gasteiger partial charge in [-0.1, -0.05) is 69.2 Å². The number of ether oxygens (including phenoxy) is 1. The van der Waals surface area contributed by atoms with Crippen molar-refractivity contribution in [2.24, 2.45) is 85.2 Å². The Hall–Kier alpha value is -2.76. The molecular formula is C58H76O9. The van der Waals surface area contributed by atoms with E-state index in [1.807, 2.05) is 12.1 Å². The minimum Gasteiger partial charge on any atom is -0.394 e. The van der Waals surface area contributed by atoms with Crippen LogP contribution in [0.15, 0.2) is 48.1 Å². The van der Waals surface area contributed by atoms with Gasteiger partial charge in [0.25, 0.3) is 0 Å². The van der Waals surface area contributed by atoms with Crippen molar-refractivity contribution in [3.05, 3.63) is 69.7 Å². The molecule has 0 heterocycles. The summed E-state index contributed by atoms with van der Waals surface area (Å²) < 4.78 is 5.34. The molecule has 6 bridgehead atoms. The van der Waals surface area contributed by atoms with Crippen LogP contribution in [0.4, 0.5) is 0 Å². The van der Waals surface area contributed by atoms with E-state index in [1.165, 1.54) is 5.57 Å². The SMILES string of the molecule is COCCCC(=O)c1cc(C(C)O)cc2c1=CC1CCC34CCC5C6(C(O)CO)CC=CC(CC6O)C5(C1C=2)C3C(=O)C=C1C2CC(C)(C)CC35CCCC3C=CC3(O)C(CCC(O)C235)C14C. The maximum Gasteiger partial charge on any atom is 0.163 e. The van der Waals surface area contributed by atoms with Gasteiger partial charge in [0.1, 0.15) is 0 Å². The van der Waals surface area contributed by atoms with Gasteiger partial charge in [0.2, 0.25) is 0 Å². The second-order valence-corrected chi connectivity index (χ2v) is 25.5. The minimum atomic E-state index is -1.29. The average Bonchev–Trinajstić information content (AvgIpc) is 3.48. The summed E-state index contributed by atoms with van der Waals surface area (Å²) in [6.45, 7) is 8.91. The number of benzene rings is 1. The molecule has 19 unspecified atom stereocenters. The highest BCUT2D eigenvalue weighted by Gasteiger charge is 2.87. The zero-order valence-electron chi connectivity index (χ0n) is 40.6. The van der Waals surface area contributed by atoms with Crippen LogP contribution in [-0.2, 0) is 9.53 Å². The van der Waals surface area contributed by atoms with E-state index in [-0.39, 0.29) is 63.8 Å². The van der Waals surface area contributed by atoms with Crippen LogP contribution in [0, 0.1) is 85.2 Å². The number of fused-ring (bicyclic) bond motifs is 7. The fraction of sp³-hybridized carbons (Fsp3) is 0.724. The molecule has 12 aliphatic carbocycles. The molecular weight excluding hydrogens is 841 g/mol. The van der Waals surface area contributed by atoms with Crippen LogP contribution in [0.5, 0.6) is 0 Å². The monoisotopic (exact) mass is 917 g/mol. The van der Waals surface area contributed by atoms with Crippen molar-refractivity contribution in [2.75, 3.05) is 20.3 Å². The minimum absolute atomic E-state index is 0.00679. The number of hydrogen-bond donors (Lipinski definition) is 6. The van der Waals surface area contributed by atoms with E-state index in [0.29, 0.717) is 69.1 Å². The van der Waals surface area contributed by atoms with Gasteiger partial charge < -0.3 is 35.4 Å². The number of carbonyl (C=O) groups excluding carboxylic acids is 2. The lowest BCUT2D eigenvalue weighted by Crippen LogP contribution is -2.83. The van der Waals surface area contributed by atoms with Crippen LogP contribution in [0.1, 0.15) is 146 Å². The van der Waals surface area contributed by atoms with Gasteiger partial charge in [0, 0.05) is 53.8 Å². The van der Waals surface area contributed by atoms with Crippen molar-refractivity contribution in [3.8, 4) is 0 Å². The fourth-order valence-corrected chi connectivity index (χ4v) is 21.5. The van der Waals surface area contributed by atoms with E-state index < -0.39 is 69.6 Å². The molecule has 3 spiro atoms. The normalized spacial score (nSPS) is 49.7. The molecule has 67 heavy (non-hydrogen) atoms. The molecule has 0 aliphatic heterocycles. The van der Waals surface area contributed by atoms with Crippen molar-refractivity contribution >= 4 is 23.7 Å². The predicted molar refractivity (Wildman–Crippen MR) is 254 cm³/mol. The summed E-state index contributed by atoms with van der Waals surface area (Å²) in [5.74, 6) is -1.50. The molecule has 1 aromatic carbocycles. The van der Waals surface area contributed by atoms with Crippen LogP contribution in [0.3, 0.4) is 0 Å². The largest absolute Gasteiger partial charge is 0.394 e. The Labute approximate surface area is 396 Å². The third-order valence-electron chi connectivity index (χ3n) is 23.1. The smallest absolute Gasteiger partial charge is 0.163 e. The number of hydrogen-bond acceptors (Lipinski definition) is 9. The molecule has 12 aliphatic rings. The molecule has 0 saturated heterocycles. The van der Waals surface area contributed by atoms with Crippen LogP contribution < -0.4 is 10.4 Å². The molecule has 7 saturated carbocycles.